The van der Waals surface area contributed by atoms with Gasteiger partial charge >= 0.3 is 5.97 Å². The highest BCUT2D eigenvalue weighted by Crippen LogP contribution is 2.15. The molecule has 0 aliphatic heterocycles. The molecule has 130 valence electrons. The fraction of sp³-hybridized carbons (Fsp3) is 0.316. The molecule has 0 spiro atoms. The first-order chi connectivity index (χ1) is 11.1. The second-order valence-corrected chi connectivity index (χ2v) is 5.60. The first-order valence-corrected chi connectivity index (χ1v) is 7.89. The largest absolute Gasteiger partial charge is 0.494 e. The summed E-state index contributed by atoms with van der Waals surface area (Å²) in [5, 5.41) is 8.69. The summed E-state index contributed by atoms with van der Waals surface area (Å²) in [6, 6.07) is 17.7. The zero-order chi connectivity index (χ0) is 16.5. The molecule has 2 aromatic carbocycles. The van der Waals surface area contributed by atoms with E-state index in [-0.39, 0.29) is 17.0 Å². The first kappa shape index (κ1) is 20.2. The lowest BCUT2D eigenvalue weighted by molar-refractivity contribution is -0.138. The van der Waals surface area contributed by atoms with Crippen LogP contribution in [0.2, 0.25) is 0 Å². The predicted octanol–water partition coefficient (Wildman–Crippen LogP) is 3.82. The van der Waals surface area contributed by atoms with E-state index in [2.05, 4.69) is 24.3 Å². The van der Waals surface area contributed by atoms with Gasteiger partial charge in [0.2, 0.25) is 0 Å². The highest BCUT2D eigenvalue weighted by Gasteiger charge is 2.09. The molecule has 2 aromatic rings. The zero-order valence-corrected chi connectivity index (χ0v) is 15.3. The molecule has 0 saturated carbocycles. The van der Waals surface area contributed by atoms with Crippen LogP contribution in [-0.2, 0) is 11.2 Å². The number of carboxylic acids is 1. The van der Waals surface area contributed by atoms with E-state index in [0.717, 1.165) is 25.0 Å². The number of carbonyl (C=O) groups is 1. The standard InChI is InChI=1S/C19H23NO3.BrH/c20-18(19(21)22)8-4-5-13-23-17-11-9-16(10-12-17)14-15-6-2-1-3-7-15;/h1-3,6-7,9-12,18H,4-5,8,13-14,20H2,(H,21,22);1H/t18-;/m0./s1. The Hall–Kier alpha value is -1.85. The van der Waals surface area contributed by atoms with E-state index in [9.17, 15) is 4.79 Å². The van der Waals surface area contributed by atoms with Crippen molar-refractivity contribution >= 4 is 23.0 Å². The van der Waals surface area contributed by atoms with Crippen molar-refractivity contribution in [3.05, 3.63) is 65.7 Å². The van der Waals surface area contributed by atoms with Gasteiger partial charge in [-0.2, -0.15) is 0 Å². The first-order valence-electron chi connectivity index (χ1n) is 7.89. The molecule has 2 rings (SSSR count). The van der Waals surface area contributed by atoms with Gasteiger partial charge in [-0.15, -0.1) is 17.0 Å². The van der Waals surface area contributed by atoms with Crippen molar-refractivity contribution in [1.29, 1.82) is 0 Å². The fourth-order valence-corrected chi connectivity index (χ4v) is 2.31. The van der Waals surface area contributed by atoms with Gasteiger partial charge in [-0.1, -0.05) is 42.5 Å². The molecular formula is C19H24BrNO3. The summed E-state index contributed by atoms with van der Waals surface area (Å²) >= 11 is 0. The van der Waals surface area contributed by atoms with Crippen molar-refractivity contribution in [2.24, 2.45) is 5.73 Å². The average molecular weight is 394 g/mol. The number of ether oxygens (including phenoxy) is 1. The summed E-state index contributed by atoms with van der Waals surface area (Å²) < 4.78 is 5.67. The predicted molar refractivity (Wildman–Crippen MR) is 101 cm³/mol. The van der Waals surface area contributed by atoms with Crippen LogP contribution in [0.1, 0.15) is 30.4 Å². The minimum atomic E-state index is -0.945. The van der Waals surface area contributed by atoms with Crippen LogP contribution in [-0.4, -0.2) is 23.7 Å². The second kappa shape index (κ2) is 10.8. The molecule has 0 heterocycles. The monoisotopic (exact) mass is 393 g/mol. The van der Waals surface area contributed by atoms with Crippen LogP contribution in [0.5, 0.6) is 5.75 Å². The van der Waals surface area contributed by atoms with Gasteiger partial charge in [-0.3, -0.25) is 4.79 Å². The van der Waals surface area contributed by atoms with Crippen LogP contribution in [0.25, 0.3) is 0 Å². The number of halogens is 1. The van der Waals surface area contributed by atoms with E-state index >= 15 is 0 Å². The summed E-state index contributed by atoms with van der Waals surface area (Å²) in [6.07, 6.45) is 2.94. The Labute approximate surface area is 153 Å². The Bertz CT molecular complexity index is 602. The summed E-state index contributed by atoms with van der Waals surface area (Å²) in [4.78, 5) is 10.6. The minimum Gasteiger partial charge on any atom is -0.494 e. The fourth-order valence-electron chi connectivity index (χ4n) is 2.31. The number of hydrogen-bond acceptors (Lipinski definition) is 3. The third-order valence-corrected chi connectivity index (χ3v) is 3.67. The molecule has 1 atom stereocenters. The maximum absolute atomic E-state index is 10.6. The molecule has 0 saturated heterocycles. The summed E-state index contributed by atoms with van der Waals surface area (Å²) in [5.74, 6) is -0.107. The third kappa shape index (κ3) is 7.15. The van der Waals surface area contributed by atoms with Crippen molar-refractivity contribution in [2.45, 2.75) is 31.7 Å². The van der Waals surface area contributed by atoms with Crippen LogP contribution in [0, 0.1) is 0 Å². The Kier molecular flexibility index (Phi) is 9.12. The molecule has 3 N–H and O–H groups in total. The quantitative estimate of drug-likeness (QED) is 0.635. The molecule has 0 aliphatic rings. The van der Waals surface area contributed by atoms with Crippen molar-refractivity contribution < 1.29 is 14.6 Å². The lowest BCUT2D eigenvalue weighted by Crippen LogP contribution is -2.29. The molecule has 0 bridgehead atoms. The van der Waals surface area contributed by atoms with Crippen LogP contribution in [0.3, 0.4) is 0 Å². The highest BCUT2D eigenvalue weighted by atomic mass is 79.9. The maximum atomic E-state index is 10.6. The van der Waals surface area contributed by atoms with E-state index in [4.69, 9.17) is 15.6 Å². The van der Waals surface area contributed by atoms with Crippen LogP contribution >= 0.6 is 17.0 Å². The van der Waals surface area contributed by atoms with E-state index in [1.165, 1.54) is 11.1 Å². The Morgan fingerprint density at radius 3 is 2.25 bits per heavy atom. The Morgan fingerprint density at radius 2 is 1.62 bits per heavy atom. The minimum absolute atomic E-state index is 0. The molecule has 4 nitrogen and oxygen atoms in total. The summed E-state index contributed by atoms with van der Waals surface area (Å²) in [7, 11) is 0. The molecule has 0 radical (unpaired) electrons. The second-order valence-electron chi connectivity index (χ2n) is 5.60. The molecule has 0 fully saturated rings. The molecular weight excluding hydrogens is 370 g/mol. The van der Waals surface area contributed by atoms with E-state index < -0.39 is 12.0 Å². The number of hydrogen-bond donors (Lipinski definition) is 2. The Morgan fingerprint density at radius 1 is 1.00 bits per heavy atom. The van der Waals surface area contributed by atoms with Gasteiger partial charge in [-0.05, 0) is 48.9 Å². The van der Waals surface area contributed by atoms with E-state index in [1.807, 2.05) is 30.3 Å². The van der Waals surface area contributed by atoms with Gasteiger partial charge in [0.1, 0.15) is 11.8 Å². The number of carboxylic acid groups (broad SMARTS) is 1. The van der Waals surface area contributed by atoms with Gasteiger partial charge in [0.25, 0.3) is 0 Å². The third-order valence-electron chi connectivity index (χ3n) is 3.67. The van der Waals surface area contributed by atoms with Crippen molar-refractivity contribution in [3.63, 3.8) is 0 Å². The van der Waals surface area contributed by atoms with Crippen molar-refractivity contribution in [3.8, 4) is 5.75 Å². The van der Waals surface area contributed by atoms with Gasteiger partial charge in [-0.25, -0.2) is 0 Å². The summed E-state index contributed by atoms with van der Waals surface area (Å²) in [5.41, 5.74) is 7.98. The maximum Gasteiger partial charge on any atom is 0.320 e. The van der Waals surface area contributed by atoms with Gasteiger partial charge in [0.15, 0.2) is 0 Å². The van der Waals surface area contributed by atoms with E-state index in [1.54, 1.807) is 0 Å². The molecule has 0 aliphatic carbocycles. The number of unbranched alkanes of at least 4 members (excludes halogenated alkanes) is 1. The van der Waals surface area contributed by atoms with Gasteiger partial charge in [0, 0.05) is 0 Å². The molecule has 24 heavy (non-hydrogen) atoms. The van der Waals surface area contributed by atoms with Crippen molar-refractivity contribution in [1.82, 2.24) is 0 Å². The number of rotatable bonds is 9. The normalized spacial score (nSPS) is 11.4. The number of benzene rings is 2. The number of nitrogens with two attached hydrogens (primary N) is 1. The zero-order valence-electron chi connectivity index (χ0n) is 13.6. The topological polar surface area (TPSA) is 72.5 Å². The molecule has 0 aromatic heterocycles. The van der Waals surface area contributed by atoms with Crippen molar-refractivity contribution in [2.75, 3.05) is 6.61 Å². The van der Waals surface area contributed by atoms with E-state index in [0.29, 0.717) is 13.0 Å². The average Bonchev–Trinajstić information content (AvgIpc) is 2.56. The lowest BCUT2D eigenvalue weighted by atomic mass is 10.1. The van der Waals surface area contributed by atoms with Gasteiger partial charge < -0.3 is 15.6 Å². The Balaban J connectivity index is 0.00000288. The number of aliphatic carboxylic acids is 1. The molecule has 5 heteroatoms. The summed E-state index contributed by atoms with van der Waals surface area (Å²) in [6.45, 7) is 0.574. The van der Waals surface area contributed by atoms with Crippen LogP contribution < -0.4 is 10.5 Å². The lowest BCUT2D eigenvalue weighted by Gasteiger charge is -2.09. The highest BCUT2D eigenvalue weighted by molar-refractivity contribution is 8.93. The molecule has 0 unspecified atom stereocenters. The van der Waals surface area contributed by atoms with Crippen LogP contribution in [0.15, 0.2) is 54.6 Å². The van der Waals surface area contributed by atoms with Crippen LogP contribution in [0.4, 0.5) is 0 Å². The smallest absolute Gasteiger partial charge is 0.320 e. The van der Waals surface area contributed by atoms with Gasteiger partial charge in [0.05, 0.1) is 6.61 Å². The SMILES string of the molecule is Br.N[C@@H](CCCCOc1ccc(Cc2ccccc2)cc1)C(=O)O. The molecule has 0 amide bonds.